The highest BCUT2D eigenvalue weighted by Crippen LogP contribution is 2.54. The Labute approximate surface area is 98.0 Å². The van der Waals surface area contributed by atoms with Crippen LogP contribution in [-0.4, -0.2) is 6.54 Å². The Morgan fingerprint density at radius 3 is 2.75 bits per heavy atom. The summed E-state index contributed by atoms with van der Waals surface area (Å²) in [6.45, 7) is 3.03. The fourth-order valence-corrected chi connectivity index (χ4v) is 3.37. The van der Waals surface area contributed by atoms with E-state index >= 15 is 0 Å². The Balaban J connectivity index is 1.95. The Hall–Kier alpha value is -0.820. The quantitative estimate of drug-likeness (QED) is 0.822. The maximum absolute atomic E-state index is 5.74. The topological polar surface area (TPSA) is 26.0 Å². The van der Waals surface area contributed by atoms with Crippen molar-refractivity contribution in [2.75, 3.05) is 6.54 Å². The summed E-state index contributed by atoms with van der Waals surface area (Å²) in [4.78, 5) is 0. The van der Waals surface area contributed by atoms with Crippen molar-refractivity contribution < 1.29 is 0 Å². The van der Waals surface area contributed by atoms with E-state index in [2.05, 4.69) is 25.1 Å². The highest BCUT2D eigenvalue weighted by Gasteiger charge is 2.39. The van der Waals surface area contributed by atoms with Gasteiger partial charge in [-0.1, -0.05) is 23.8 Å². The molecule has 1 saturated carbocycles. The number of hydrogen-bond acceptors (Lipinski definition) is 1. The zero-order valence-electron chi connectivity index (χ0n) is 10.1. The van der Waals surface area contributed by atoms with Crippen LogP contribution in [-0.2, 0) is 0 Å². The van der Waals surface area contributed by atoms with E-state index in [-0.39, 0.29) is 0 Å². The maximum atomic E-state index is 5.74. The van der Waals surface area contributed by atoms with Crippen LogP contribution in [0.2, 0.25) is 0 Å². The van der Waals surface area contributed by atoms with Gasteiger partial charge >= 0.3 is 0 Å². The Bertz CT molecular complexity index is 392. The van der Waals surface area contributed by atoms with Gasteiger partial charge in [-0.3, -0.25) is 0 Å². The fraction of sp³-hybridized carbons (Fsp3) is 0.600. The summed E-state index contributed by atoms with van der Waals surface area (Å²) in [7, 11) is 0. The molecule has 0 amide bonds. The van der Waals surface area contributed by atoms with Crippen LogP contribution in [0, 0.1) is 12.8 Å². The van der Waals surface area contributed by atoms with Gasteiger partial charge < -0.3 is 5.73 Å². The second-order valence-corrected chi connectivity index (χ2v) is 5.59. The molecular weight excluding hydrogens is 194 g/mol. The molecule has 2 atom stereocenters. The van der Waals surface area contributed by atoms with Crippen LogP contribution in [0.15, 0.2) is 18.2 Å². The molecule has 0 radical (unpaired) electrons. The molecule has 0 aromatic heterocycles. The van der Waals surface area contributed by atoms with Crippen LogP contribution in [0.5, 0.6) is 0 Å². The molecule has 1 heteroatoms. The molecule has 0 spiro atoms. The van der Waals surface area contributed by atoms with Crippen LogP contribution in [0.4, 0.5) is 0 Å². The molecule has 3 rings (SSSR count). The molecule has 1 nitrogen and oxygen atoms in total. The van der Waals surface area contributed by atoms with E-state index in [0.29, 0.717) is 0 Å². The summed E-state index contributed by atoms with van der Waals surface area (Å²) in [5.74, 6) is 2.59. The third kappa shape index (κ3) is 1.67. The molecule has 0 bridgehead atoms. The van der Waals surface area contributed by atoms with Gasteiger partial charge in [-0.25, -0.2) is 0 Å². The SMILES string of the molecule is Cc1ccc2c(c1)C(CCN)CC2C1CC1. The first kappa shape index (κ1) is 10.3. The molecule has 2 aliphatic carbocycles. The third-order valence-electron chi connectivity index (χ3n) is 4.33. The van der Waals surface area contributed by atoms with Gasteiger partial charge in [0.2, 0.25) is 0 Å². The predicted octanol–water partition coefficient (Wildman–Crippen LogP) is 3.32. The average Bonchev–Trinajstić information content (AvgIpc) is 3.04. The molecule has 1 aromatic carbocycles. The van der Waals surface area contributed by atoms with Crippen LogP contribution in [0.3, 0.4) is 0 Å². The van der Waals surface area contributed by atoms with Crippen LogP contribution in [0.1, 0.15) is 54.2 Å². The lowest BCUT2D eigenvalue weighted by atomic mass is 9.95. The first-order valence-corrected chi connectivity index (χ1v) is 6.60. The molecule has 0 aliphatic heterocycles. The minimum atomic E-state index is 0.741. The molecule has 86 valence electrons. The monoisotopic (exact) mass is 215 g/mol. The first-order chi connectivity index (χ1) is 7.79. The summed E-state index contributed by atoms with van der Waals surface area (Å²) in [5, 5.41) is 0. The highest BCUT2D eigenvalue weighted by atomic mass is 14.5. The van der Waals surface area contributed by atoms with Crippen LogP contribution in [0.25, 0.3) is 0 Å². The van der Waals surface area contributed by atoms with Crippen molar-refractivity contribution in [3.63, 3.8) is 0 Å². The van der Waals surface area contributed by atoms with Crippen molar-refractivity contribution in [3.05, 3.63) is 34.9 Å². The van der Waals surface area contributed by atoms with Crippen molar-refractivity contribution in [1.29, 1.82) is 0 Å². The Morgan fingerprint density at radius 1 is 1.25 bits per heavy atom. The standard InChI is InChI=1S/C15H21N/c1-10-2-5-13-14(8-10)12(6-7-16)9-15(13)11-3-4-11/h2,5,8,11-12,15H,3-4,6-7,9,16H2,1H3. The second-order valence-electron chi connectivity index (χ2n) is 5.59. The van der Waals surface area contributed by atoms with E-state index in [1.165, 1.54) is 31.2 Å². The van der Waals surface area contributed by atoms with Crippen molar-refractivity contribution in [3.8, 4) is 0 Å². The number of aryl methyl sites for hydroxylation is 1. The molecule has 1 fully saturated rings. The lowest BCUT2D eigenvalue weighted by Gasteiger charge is -2.10. The van der Waals surface area contributed by atoms with Crippen molar-refractivity contribution in [2.45, 2.75) is 44.4 Å². The molecule has 0 heterocycles. The van der Waals surface area contributed by atoms with E-state index in [1.54, 1.807) is 11.1 Å². The molecule has 2 aliphatic rings. The van der Waals surface area contributed by atoms with Gasteiger partial charge in [0.1, 0.15) is 0 Å². The summed E-state index contributed by atoms with van der Waals surface area (Å²) in [5.41, 5.74) is 10.4. The molecule has 16 heavy (non-hydrogen) atoms. The van der Waals surface area contributed by atoms with Crippen molar-refractivity contribution in [1.82, 2.24) is 0 Å². The van der Waals surface area contributed by atoms with E-state index in [4.69, 9.17) is 5.73 Å². The van der Waals surface area contributed by atoms with E-state index in [9.17, 15) is 0 Å². The first-order valence-electron chi connectivity index (χ1n) is 6.60. The van der Waals surface area contributed by atoms with Gasteiger partial charge in [0.05, 0.1) is 0 Å². The number of fused-ring (bicyclic) bond motifs is 1. The lowest BCUT2D eigenvalue weighted by molar-refractivity contribution is 0.523. The summed E-state index contributed by atoms with van der Waals surface area (Å²) in [6.07, 6.45) is 5.43. The van der Waals surface area contributed by atoms with Gasteiger partial charge in [-0.15, -0.1) is 0 Å². The van der Waals surface area contributed by atoms with Crippen molar-refractivity contribution >= 4 is 0 Å². The van der Waals surface area contributed by atoms with Crippen LogP contribution < -0.4 is 5.73 Å². The van der Waals surface area contributed by atoms with Gasteiger partial charge in [0, 0.05) is 0 Å². The zero-order chi connectivity index (χ0) is 11.1. The Kier molecular flexibility index (Phi) is 2.51. The highest BCUT2D eigenvalue weighted by molar-refractivity contribution is 5.42. The van der Waals surface area contributed by atoms with E-state index < -0.39 is 0 Å². The average molecular weight is 215 g/mol. The van der Waals surface area contributed by atoms with Gasteiger partial charge in [-0.05, 0) is 68.0 Å². The maximum Gasteiger partial charge on any atom is -0.00714 e. The summed E-state index contributed by atoms with van der Waals surface area (Å²) in [6, 6.07) is 7.06. The number of nitrogens with two attached hydrogens (primary N) is 1. The Morgan fingerprint density at radius 2 is 2.06 bits per heavy atom. The van der Waals surface area contributed by atoms with Crippen LogP contribution >= 0.6 is 0 Å². The van der Waals surface area contributed by atoms with E-state index in [0.717, 1.165) is 24.3 Å². The molecular formula is C15H21N. The molecule has 2 N–H and O–H groups in total. The van der Waals surface area contributed by atoms with Gasteiger partial charge in [-0.2, -0.15) is 0 Å². The van der Waals surface area contributed by atoms with Gasteiger partial charge in [0.25, 0.3) is 0 Å². The minimum Gasteiger partial charge on any atom is -0.330 e. The molecule has 0 saturated heterocycles. The summed E-state index contributed by atoms with van der Waals surface area (Å²) < 4.78 is 0. The molecule has 1 aromatic rings. The van der Waals surface area contributed by atoms with Crippen molar-refractivity contribution in [2.24, 2.45) is 11.7 Å². The molecule has 2 unspecified atom stereocenters. The minimum absolute atomic E-state index is 0.741. The van der Waals surface area contributed by atoms with E-state index in [1.807, 2.05) is 0 Å². The smallest absolute Gasteiger partial charge is 0.00714 e. The van der Waals surface area contributed by atoms with Gasteiger partial charge in [0.15, 0.2) is 0 Å². The zero-order valence-corrected chi connectivity index (χ0v) is 10.1. The second kappa shape index (κ2) is 3.89. The largest absolute Gasteiger partial charge is 0.330 e. The predicted molar refractivity (Wildman–Crippen MR) is 67.7 cm³/mol. The number of hydrogen-bond donors (Lipinski definition) is 1. The number of rotatable bonds is 3. The normalized spacial score (nSPS) is 28.1. The summed E-state index contributed by atoms with van der Waals surface area (Å²) >= 11 is 0. The number of benzene rings is 1. The third-order valence-corrected chi connectivity index (χ3v) is 4.33. The fourth-order valence-electron chi connectivity index (χ4n) is 3.37. The lowest BCUT2D eigenvalue weighted by Crippen LogP contribution is -2.05.